The lowest BCUT2D eigenvalue weighted by Gasteiger charge is -2.33. The number of carbonyl (C=O) groups excluding carboxylic acids is 3. The Bertz CT molecular complexity index is 1400. The van der Waals surface area contributed by atoms with Crippen molar-refractivity contribution in [1.29, 1.82) is 0 Å². The molecule has 2 fully saturated rings. The van der Waals surface area contributed by atoms with E-state index in [9.17, 15) is 14.4 Å². The predicted molar refractivity (Wildman–Crippen MR) is 132 cm³/mol. The summed E-state index contributed by atoms with van der Waals surface area (Å²) in [6.07, 6.45) is 1.69. The molecule has 0 aliphatic carbocycles. The minimum absolute atomic E-state index is 0.260. The van der Waals surface area contributed by atoms with Crippen LogP contribution in [0.4, 0.5) is 5.69 Å². The molecule has 0 N–H and O–H groups in total. The molecular weight excluding hydrogens is 458 g/mol. The van der Waals surface area contributed by atoms with Crippen LogP contribution in [0.3, 0.4) is 0 Å². The topological polar surface area (TPSA) is 88.5 Å². The van der Waals surface area contributed by atoms with E-state index in [0.29, 0.717) is 22.7 Å². The number of carbonyl (C=O) groups is 3. The molecule has 0 unspecified atom stereocenters. The van der Waals surface area contributed by atoms with E-state index in [1.807, 2.05) is 24.3 Å². The van der Waals surface area contributed by atoms with E-state index in [2.05, 4.69) is 5.10 Å². The van der Waals surface area contributed by atoms with Gasteiger partial charge in [-0.15, -0.1) is 0 Å². The molecule has 0 radical (unpaired) electrons. The van der Waals surface area contributed by atoms with Gasteiger partial charge in [-0.2, -0.15) is 5.10 Å². The fourth-order valence-corrected chi connectivity index (χ4v) is 5.58. The number of amides is 2. The number of anilines is 1. The minimum Gasteiger partial charge on any atom is -0.497 e. The summed E-state index contributed by atoms with van der Waals surface area (Å²) < 4.78 is 10.4. The van der Waals surface area contributed by atoms with E-state index in [1.165, 1.54) is 4.90 Å². The van der Waals surface area contributed by atoms with Gasteiger partial charge >= 0.3 is 0 Å². The summed E-state index contributed by atoms with van der Waals surface area (Å²) in [5.74, 6) is -1.37. The summed E-state index contributed by atoms with van der Waals surface area (Å²) >= 11 is 0. The van der Waals surface area contributed by atoms with Gasteiger partial charge in [-0.3, -0.25) is 19.4 Å². The number of nitrogens with zero attached hydrogens (tertiary/aromatic N) is 3. The van der Waals surface area contributed by atoms with Gasteiger partial charge in [0, 0.05) is 5.56 Å². The summed E-state index contributed by atoms with van der Waals surface area (Å²) in [6.45, 7) is 0. The number of imide groups is 1. The molecule has 3 aromatic rings. The summed E-state index contributed by atoms with van der Waals surface area (Å²) in [6, 6.07) is 19.7. The van der Waals surface area contributed by atoms with Crippen molar-refractivity contribution in [3.63, 3.8) is 0 Å². The average molecular weight is 482 g/mol. The lowest BCUT2D eigenvalue weighted by molar-refractivity contribution is -0.124. The molecule has 3 aromatic carbocycles. The van der Waals surface area contributed by atoms with Crippen molar-refractivity contribution in [1.82, 2.24) is 5.01 Å². The van der Waals surface area contributed by atoms with E-state index in [1.54, 1.807) is 74.0 Å². The van der Waals surface area contributed by atoms with E-state index >= 15 is 0 Å². The SMILES string of the molecule is COc1ccc(C(=O)[C@@H]2[C@@H]3C(=O)N(c4ccc(OC)cc4)C(=O)[C@H]3[C@@H]3c4ccccc4C=NN23)cc1. The fourth-order valence-electron chi connectivity index (χ4n) is 5.58. The van der Waals surface area contributed by atoms with Gasteiger partial charge in [0.15, 0.2) is 5.78 Å². The summed E-state index contributed by atoms with van der Waals surface area (Å²) in [4.78, 5) is 42.8. The number of fused-ring (bicyclic) bond motifs is 5. The molecule has 0 saturated carbocycles. The Labute approximate surface area is 207 Å². The second-order valence-corrected chi connectivity index (χ2v) is 9.00. The molecule has 0 bridgehead atoms. The maximum atomic E-state index is 13.9. The van der Waals surface area contributed by atoms with Crippen LogP contribution in [-0.2, 0) is 9.59 Å². The summed E-state index contributed by atoms with van der Waals surface area (Å²) in [5.41, 5.74) is 2.64. The van der Waals surface area contributed by atoms with Crippen LogP contribution in [-0.4, -0.2) is 49.1 Å². The Balaban J connectivity index is 1.46. The number of hydrogen-bond donors (Lipinski definition) is 0. The second-order valence-electron chi connectivity index (χ2n) is 9.00. The second kappa shape index (κ2) is 8.34. The van der Waals surface area contributed by atoms with Crippen molar-refractivity contribution in [2.45, 2.75) is 12.1 Å². The first kappa shape index (κ1) is 22.0. The third-order valence-electron chi connectivity index (χ3n) is 7.27. The summed E-state index contributed by atoms with van der Waals surface area (Å²) in [5, 5.41) is 6.25. The number of benzene rings is 3. The number of ether oxygens (including phenoxy) is 2. The number of ketones is 1. The zero-order valence-electron chi connectivity index (χ0n) is 19.7. The third-order valence-corrected chi connectivity index (χ3v) is 7.27. The molecule has 36 heavy (non-hydrogen) atoms. The fraction of sp³-hybridized carbons (Fsp3) is 0.214. The smallest absolute Gasteiger partial charge is 0.240 e. The Kier molecular flexibility index (Phi) is 5.10. The number of rotatable bonds is 5. The third kappa shape index (κ3) is 3.14. The van der Waals surface area contributed by atoms with Crippen LogP contribution in [0, 0.1) is 11.8 Å². The van der Waals surface area contributed by atoms with E-state index in [4.69, 9.17) is 9.47 Å². The number of hydrazone groups is 1. The molecule has 0 spiro atoms. The largest absolute Gasteiger partial charge is 0.497 e. The molecule has 180 valence electrons. The molecular formula is C28H23N3O5. The normalized spacial score (nSPS) is 23.8. The molecule has 4 atom stereocenters. The number of hydrogen-bond acceptors (Lipinski definition) is 7. The van der Waals surface area contributed by atoms with Crippen LogP contribution in [0.5, 0.6) is 11.5 Å². The highest BCUT2D eigenvalue weighted by Crippen LogP contribution is 2.53. The van der Waals surface area contributed by atoms with Crippen LogP contribution in [0.25, 0.3) is 0 Å². The maximum Gasteiger partial charge on any atom is 0.240 e. The van der Waals surface area contributed by atoms with Gasteiger partial charge in [0.25, 0.3) is 0 Å². The first-order chi connectivity index (χ1) is 17.5. The van der Waals surface area contributed by atoms with Gasteiger partial charge < -0.3 is 9.47 Å². The molecule has 3 aliphatic rings. The van der Waals surface area contributed by atoms with Gasteiger partial charge in [-0.05, 0) is 59.7 Å². The lowest BCUT2D eigenvalue weighted by atomic mass is 9.83. The monoisotopic (exact) mass is 481 g/mol. The highest BCUT2D eigenvalue weighted by molar-refractivity contribution is 6.24. The van der Waals surface area contributed by atoms with Gasteiger partial charge in [0.05, 0.1) is 44.0 Å². The van der Waals surface area contributed by atoms with Gasteiger partial charge in [0.2, 0.25) is 11.8 Å². The molecule has 8 nitrogen and oxygen atoms in total. The first-order valence-electron chi connectivity index (χ1n) is 11.6. The minimum atomic E-state index is -0.919. The molecule has 2 saturated heterocycles. The molecule has 8 heteroatoms. The predicted octanol–water partition coefficient (Wildman–Crippen LogP) is 3.47. The molecule has 0 aromatic heterocycles. The molecule has 2 amide bonds. The highest BCUT2D eigenvalue weighted by Gasteiger charge is 2.65. The molecule has 3 heterocycles. The standard InChI is InChI=1S/C28H23N3O5/c1-35-19-11-7-16(8-12-19)26(32)25-23-22(24-21-6-4-3-5-17(21)15-29-31(24)25)27(33)30(28(23)34)18-9-13-20(36-2)14-10-18/h3-15,22-25H,1-2H3/t22-,23-,24+,25+/m1/s1. The van der Waals surface area contributed by atoms with Crippen LogP contribution < -0.4 is 14.4 Å². The Hall–Kier alpha value is -4.46. The van der Waals surface area contributed by atoms with Crippen molar-refractivity contribution in [2.24, 2.45) is 16.9 Å². The quantitative estimate of drug-likeness (QED) is 0.410. The maximum absolute atomic E-state index is 13.9. The van der Waals surface area contributed by atoms with E-state index in [-0.39, 0.29) is 11.7 Å². The van der Waals surface area contributed by atoms with Gasteiger partial charge in [-0.25, -0.2) is 4.90 Å². The highest BCUT2D eigenvalue weighted by atomic mass is 16.5. The number of methoxy groups -OCH3 is 2. The van der Waals surface area contributed by atoms with Crippen molar-refractivity contribution >= 4 is 29.5 Å². The summed E-state index contributed by atoms with van der Waals surface area (Å²) in [7, 11) is 3.11. The van der Waals surface area contributed by atoms with Gasteiger partial charge in [0.1, 0.15) is 17.5 Å². The zero-order valence-corrected chi connectivity index (χ0v) is 19.7. The Morgan fingerprint density at radius 1 is 0.806 bits per heavy atom. The molecule has 6 rings (SSSR count). The van der Waals surface area contributed by atoms with Crippen molar-refractivity contribution in [3.8, 4) is 11.5 Å². The van der Waals surface area contributed by atoms with E-state index in [0.717, 1.165) is 11.1 Å². The lowest BCUT2D eigenvalue weighted by Crippen LogP contribution is -2.44. The van der Waals surface area contributed by atoms with E-state index < -0.39 is 29.8 Å². The van der Waals surface area contributed by atoms with Crippen molar-refractivity contribution in [3.05, 3.63) is 89.5 Å². The zero-order chi connectivity index (χ0) is 25.0. The molecule has 3 aliphatic heterocycles. The Morgan fingerprint density at radius 3 is 2.08 bits per heavy atom. The number of Topliss-reactive ketones (excluding diaryl/α,β-unsaturated/α-hetero) is 1. The van der Waals surface area contributed by atoms with Crippen molar-refractivity contribution in [2.75, 3.05) is 19.1 Å². The van der Waals surface area contributed by atoms with Crippen LogP contribution >= 0.6 is 0 Å². The van der Waals surface area contributed by atoms with Crippen LogP contribution in [0.1, 0.15) is 27.5 Å². The first-order valence-corrected chi connectivity index (χ1v) is 11.6. The average Bonchev–Trinajstić information content (AvgIpc) is 3.40. The van der Waals surface area contributed by atoms with Crippen molar-refractivity contribution < 1.29 is 23.9 Å². The van der Waals surface area contributed by atoms with Crippen LogP contribution in [0.15, 0.2) is 77.9 Å². The van der Waals surface area contributed by atoms with Gasteiger partial charge in [-0.1, -0.05) is 24.3 Å². The Morgan fingerprint density at radius 2 is 1.42 bits per heavy atom. The van der Waals surface area contributed by atoms with Crippen LogP contribution in [0.2, 0.25) is 0 Å².